The molecular weight excluding hydrogens is 328 g/mol. The molecule has 110 valence electrons. The fourth-order valence-corrected chi connectivity index (χ4v) is 3.32. The number of halogens is 1. The Kier molecular flexibility index (Phi) is 4.58. The summed E-state index contributed by atoms with van der Waals surface area (Å²) >= 11 is 3.60. The lowest BCUT2D eigenvalue weighted by molar-refractivity contribution is 0.183. The van der Waals surface area contributed by atoms with Crippen LogP contribution in [0.5, 0.6) is 5.75 Å². The van der Waals surface area contributed by atoms with E-state index in [4.69, 9.17) is 10.6 Å². The van der Waals surface area contributed by atoms with E-state index < -0.39 is 0 Å². The normalized spacial score (nSPS) is 18.7. The van der Waals surface area contributed by atoms with E-state index in [9.17, 15) is 0 Å². The molecule has 0 radical (unpaired) electrons. The van der Waals surface area contributed by atoms with Crippen LogP contribution in [0.4, 0.5) is 0 Å². The van der Waals surface area contributed by atoms with Crippen molar-refractivity contribution in [1.29, 1.82) is 0 Å². The SMILES string of the molecule is NNC(Cc1ccccc1Br)C1COc2ccccc2C1. The number of nitrogens with one attached hydrogen (secondary N) is 1. The smallest absolute Gasteiger partial charge is 0.122 e. The van der Waals surface area contributed by atoms with Crippen molar-refractivity contribution in [2.24, 2.45) is 11.8 Å². The summed E-state index contributed by atoms with van der Waals surface area (Å²) in [5, 5.41) is 0. The van der Waals surface area contributed by atoms with Crippen molar-refractivity contribution in [2.45, 2.75) is 18.9 Å². The van der Waals surface area contributed by atoms with Crippen LogP contribution in [0.3, 0.4) is 0 Å². The molecule has 1 heterocycles. The minimum Gasteiger partial charge on any atom is -0.493 e. The Hall–Kier alpha value is -1.36. The number of nitrogens with two attached hydrogens (primary N) is 1. The highest BCUT2D eigenvalue weighted by molar-refractivity contribution is 9.10. The molecule has 1 aliphatic heterocycles. The molecule has 3 N–H and O–H groups in total. The lowest BCUT2D eigenvalue weighted by Gasteiger charge is -2.31. The van der Waals surface area contributed by atoms with Gasteiger partial charge < -0.3 is 4.74 Å². The molecule has 1 aliphatic rings. The Morgan fingerprint density at radius 1 is 1.19 bits per heavy atom. The third kappa shape index (κ3) is 3.28. The second-order valence-corrected chi connectivity index (χ2v) is 6.31. The molecule has 2 aromatic carbocycles. The number of hydrazine groups is 1. The van der Waals surface area contributed by atoms with Crippen molar-refractivity contribution in [2.75, 3.05) is 6.61 Å². The number of hydrogen-bond donors (Lipinski definition) is 2. The van der Waals surface area contributed by atoms with E-state index in [-0.39, 0.29) is 6.04 Å². The van der Waals surface area contributed by atoms with E-state index in [0.717, 1.165) is 23.1 Å². The van der Waals surface area contributed by atoms with Gasteiger partial charge in [-0.2, -0.15) is 0 Å². The van der Waals surface area contributed by atoms with Gasteiger partial charge in [-0.25, -0.2) is 0 Å². The quantitative estimate of drug-likeness (QED) is 0.660. The lowest BCUT2D eigenvalue weighted by atomic mass is 9.87. The average molecular weight is 347 g/mol. The van der Waals surface area contributed by atoms with E-state index in [1.807, 2.05) is 18.2 Å². The number of ether oxygens (including phenoxy) is 1. The largest absolute Gasteiger partial charge is 0.493 e. The molecule has 0 aliphatic carbocycles. The first-order chi connectivity index (χ1) is 10.3. The zero-order chi connectivity index (χ0) is 14.7. The fourth-order valence-electron chi connectivity index (χ4n) is 2.87. The topological polar surface area (TPSA) is 47.3 Å². The van der Waals surface area contributed by atoms with E-state index in [2.05, 4.69) is 51.7 Å². The third-order valence-electron chi connectivity index (χ3n) is 4.09. The van der Waals surface area contributed by atoms with Gasteiger partial charge in [-0.05, 0) is 36.1 Å². The summed E-state index contributed by atoms with van der Waals surface area (Å²) in [5.41, 5.74) is 5.51. The average Bonchev–Trinajstić information content (AvgIpc) is 2.54. The highest BCUT2D eigenvalue weighted by atomic mass is 79.9. The molecule has 21 heavy (non-hydrogen) atoms. The summed E-state index contributed by atoms with van der Waals surface area (Å²) in [5.74, 6) is 7.18. The number of fused-ring (bicyclic) bond motifs is 1. The van der Waals surface area contributed by atoms with E-state index in [1.54, 1.807) is 0 Å². The van der Waals surface area contributed by atoms with Gasteiger partial charge in [0.25, 0.3) is 0 Å². The van der Waals surface area contributed by atoms with Crippen molar-refractivity contribution in [1.82, 2.24) is 5.43 Å². The first-order valence-electron chi connectivity index (χ1n) is 7.18. The highest BCUT2D eigenvalue weighted by Gasteiger charge is 2.27. The zero-order valence-electron chi connectivity index (χ0n) is 11.8. The molecule has 0 aromatic heterocycles. The highest BCUT2D eigenvalue weighted by Crippen LogP contribution is 2.29. The Bertz CT molecular complexity index is 617. The van der Waals surface area contributed by atoms with Gasteiger partial charge in [0.1, 0.15) is 5.75 Å². The van der Waals surface area contributed by atoms with Gasteiger partial charge in [0.2, 0.25) is 0 Å². The molecule has 0 spiro atoms. The molecule has 3 rings (SSSR count). The number of rotatable bonds is 4. The maximum atomic E-state index is 5.88. The Balaban J connectivity index is 1.74. The summed E-state index contributed by atoms with van der Waals surface area (Å²) in [6.07, 6.45) is 1.88. The van der Waals surface area contributed by atoms with Crippen molar-refractivity contribution >= 4 is 15.9 Å². The lowest BCUT2D eigenvalue weighted by Crippen LogP contribution is -2.46. The number of benzene rings is 2. The zero-order valence-corrected chi connectivity index (χ0v) is 13.3. The van der Waals surface area contributed by atoms with Gasteiger partial charge in [-0.3, -0.25) is 11.3 Å². The van der Waals surface area contributed by atoms with E-state index >= 15 is 0 Å². The molecule has 3 nitrogen and oxygen atoms in total. The van der Waals surface area contributed by atoms with Crippen LogP contribution in [0, 0.1) is 5.92 Å². The van der Waals surface area contributed by atoms with Crippen LogP contribution < -0.4 is 16.0 Å². The number of para-hydroxylation sites is 1. The molecule has 2 atom stereocenters. The van der Waals surface area contributed by atoms with Crippen LogP contribution in [0.15, 0.2) is 53.0 Å². The predicted molar refractivity (Wildman–Crippen MR) is 88.1 cm³/mol. The predicted octanol–water partition coefficient (Wildman–Crippen LogP) is 3.07. The van der Waals surface area contributed by atoms with Gasteiger partial charge in [0, 0.05) is 16.4 Å². The summed E-state index contributed by atoms with van der Waals surface area (Å²) in [7, 11) is 0. The van der Waals surface area contributed by atoms with Crippen LogP contribution in [0.25, 0.3) is 0 Å². The monoisotopic (exact) mass is 346 g/mol. The molecule has 0 fully saturated rings. The molecule has 0 bridgehead atoms. The summed E-state index contributed by atoms with van der Waals surface area (Å²) in [6.45, 7) is 0.705. The molecule has 0 saturated carbocycles. The van der Waals surface area contributed by atoms with E-state index in [1.165, 1.54) is 11.1 Å². The molecule has 2 unspecified atom stereocenters. The molecular formula is C17H19BrN2O. The van der Waals surface area contributed by atoms with Crippen molar-refractivity contribution in [3.63, 3.8) is 0 Å². The Morgan fingerprint density at radius 2 is 1.95 bits per heavy atom. The Labute approximate surface area is 133 Å². The maximum Gasteiger partial charge on any atom is 0.122 e. The van der Waals surface area contributed by atoms with Crippen LogP contribution in [0.2, 0.25) is 0 Å². The van der Waals surface area contributed by atoms with Crippen molar-refractivity contribution < 1.29 is 4.74 Å². The Morgan fingerprint density at radius 3 is 2.76 bits per heavy atom. The first kappa shape index (κ1) is 14.6. The third-order valence-corrected chi connectivity index (χ3v) is 4.86. The van der Waals surface area contributed by atoms with Crippen LogP contribution in [-0.2, 0) is 12.8 Å². The van der Waals surface area contributed by atoms with Gasteiger partial charge in [0.15, 0.2) is 0 Å². The second kappa shape index (κ2) is 6.60. The van der Waals surface area contributed by atoms with Gasteiger partial charge in [-0.1, -0.05) is 52.3 Å². The van der Waals surface area contributed by atoms with Crippen LogP contribution >= 0.6 is 15.9 Å². The van der Waals surface area contributed by atoms with Crippen molar-refractivity contribution in [3.8, 4) is 5.75 Å². The standard InChI is InChI=1S/C17H19BrN2O/c18-15-7-3-1-5-12(15)10-16(20-19)14-9-13-6-2-4-8-17(13)21-11-14/h1-8,14,16,20H,9-11,19H2. The minimum absolute atomic E-state index is 0.192. The van der Waals surface area contributed by atoms with Crippen LogP contribution in [0.1, 0.15) is 11.1 Å². The van der Waals surface area contributed by atoms with E-state index in [0.29, 0.717) is 12.5 Å². The van der Waals surface area contributed by atoms with Gasteiger partial charge in [-0.15, -0.1) is 0 Å². The van der Waals surface area contributed by atoms with Gasteiger partial charge in [0.05, 0.1) is 6.61 Å². The molecule has 2 aromatic rings. The second-order valence-electron chi connectivity index (χ2n) is 5.45. The first-order valence-corrected chi connectivity index (χ1v) is 7.97. The summed E-state index contributed by atoms with van der Waals surface area (Å²) in [4.78, 5) is 0. The van der Waals surface area contributed by atoms with Gasteiger partial charge >= 0.3 is 0 Å². The van der Waals surface area contributed by atoms with Crippen LogP contribution in [-0.4, -0.2) is 12.6 Å². The molecule has 0 saturated heterocycles. The van der Waals surface area contributed by atoms with Crippen molar-refractivity contribution in [3.05, 3.63) is 64.1 Å². The summed E-state index contributed by atoms with van der Waals surface area (Å²) < 4.78 is 7.01. The fraction of sp³-hybridized carbons (Fsp3) is 0.294. The number of hydrogen-bond acceptors (Lipinski definition) is 3. The maximum absolute atomic E-state index is 5.88. The molecule has 0 amide bonds. The molecule has 4 heteroatoms. The minimum atomic E-state index is 0.192. The summed E-state index contributed by atoms with van der Waals surface area (Å²) in [6, 6.07) is 16.7.